The highest BCUT2D eigenvalue weighted by molar-refractivity contribution is 14.1. The van der Waals surface area contributed by atoms with Crippen molar-refractivity contribution in [3.8, 4) is 5.75 Å². The molecular weight excluding hydrogens is 373 g/mol. The zero-order chi connectivity index (χ0) is 14.7. The predicted octanol–water partition coefficient (Wildman–Crippen LogP) is 4.68. The van der Waals surface area contributed by atoms with E-state index in [-0.39, 0.29) is 0 Å². The van der Waals surface area contributed by atoms with Gasteiger partial charge in [0.25, 0.3) is 0 Å². The third kappa shape index (κ3) is 3.07. The van der Waals surface area contributed by atoms with Gasteiger partial charge in [0.2, 0.25) is 0 Å². The number of nitrogens with zero attached hydrogens (tertiary/aromatic N) is 1. The quantitative estimate of drug-likeness (QED) is 0.455. The number of rotatable bonds is 5. The van der Waals surface area contributed by atoms with Crippen molar-refractivity contribution in [2.75, 3.05) is 11.5 Å². The molecule has 3 rings (SSSR count). The van der Waals surface area contributed by atoms with Crippen LogP contribution in [-0.4, -0.2) is 16.1 Å². The van der Waals surface area contributed by atoms with Gasteiger partial charge in [-0.25, -0.2) is 0 Å². The maximum Gasteiger partial charge on any atom is 0.118 e. The first kappa shape index (κ1) is 14.4. The van der Waals surface area contributed by atoms with Crippen LogP contribution in [0.4, 0.5) is 0 Å². The molecule has 0 unspecified atom stereocenters. The van der Waals surface area contributed by atoms with E-state index in [2.05, 4.69) is 69.6 Å². The summed E-state index contributed by atoms with van der Waals surface area (Å²) in [5.41, 5.74) is 4.02. The van der Waals surface area contributed by atoms with Crippen molar-refractivity contribution < 1.29 is 4.74 Å². The Morgan fingerprint density at radius 2 is 1.81 bits per heavy atom. The molecule has 0 radical (unpaired) electrons. The highest BCUT2D eigenvalue weighted by atomic mass is 127. The Bertz CT molecular complexity index is 731. The Morgan fingerprint density at radius 1 is 1.05 bits per heavy atom. The second-order valence-corrected chi connectivity index (χ2v) is 6.15. The molecule has 0 saturated carbocycles. The van der Waals surface area contributed by atoms with E-state index in [0.717, 1.165) is 23.1 Å². The molecule has 21 heavy (non-hydrogen) atoms. The number of hydrogen-bond acceptors (Lipinski definition) is 1. The molecule has 108 valence electrons. The standard InChI is InChI=1S/C18H18INO/c1-21-17-8-6-14(7-9-17)13-20-16(10-11-19)12-15-4-2-3-5-18(15)20/h2-9,12H,10-11,13H2,1H3. The van der Waals surface area contributed by atoms with Gasteiger partial charge < -0.3 is 9.30 Å². The number of aryl methyl sites for hydroxylation is 1. The van der Waals surface area contributed by atoms with Gasteiger partial charge in [-0.1, -0.05) is 52.9 Å². The molecule has 0 saturated heterocycles. The zero-order valence-corrected chi connectivity index (χ0v) is 14.2. The third-order valence-corrected chi connectivity index (χ3v) is 4.29. The number of para-hydroxylation sites is 1. The van der Waals surface area contributed by atoms with Crippen LogP contribution in [0.1, 0.15) is 11.3 Å². The van der Waals surface area contributed by atoms with Gasteiger partial charge in [0.15, 0.2) is 0 Å². The number of benzene rings is 2. The Morgan fingerprint density at radius 3 is 2.52 bits per heavy atom. The Kier molecular flexibility index (Phi) is 4.48. The summed E-state index contributed by atoms with van der Waals surface area (Å²) in [5.74, 6) is 0.906. The van der Waals surface area contributed by atoms with Gasteiger partial charge in [0.1, 0.15) is 5.75 Å². The zero-order valence-electron chi connectivity index (χ0n) is 12.1. The molecule has 1 aromatic heterocycles. The smallest absolute Gasteiger partial charge is 0.118 e. The van der Waals surface area contributed by atoms with Crippen molar-refractivity contribution in [2.45, 2.75) is 13.0 Å². The summed E-state index contributed by atoms with van der Waals surface area (Å²) in [4.78, 5) is 0. The molecule has 0 aliphatic heterocycles. The number of alkyl halides is 1. The molecule has 1 heterocycles. The summed E-state index contributed by atoms with van der Waals surface area (Å²) in [6, 6.07) is 19.3. The van der Waals surface area contributed by atoms with E-state index in [1.807, 2.05) is 12.1 Å². The van der Waals surface area contributed by atoms with Crippen molar-refractivity contribution >= 4 is 33.5 Å². The molecule has 0 N–H and O–H groups in total. The lowest BCUT2D eigenvalue weighted by Crippen LogP contribution is -2.04. The maximum atomic E-state index is 5.23. The maximum absolute atomic E-state index is 5.23. The minimum Gasteiger partial charge on any atom is -0.497 e. The number of fused-ring (bicyclic) bond motifs is 1. The normalized spacial score (nSPS) is 11.0. The molecule has 2 aromatic carbocycles. The fraction of sp³-hybridized carbons (Fsp3) is 0.222. The van der Waals surface area contributed by atoms with E-state index in [1.54, 1.807) is 7.11 Å². The Hall–Kier alpha value is -1.49. The summed E-state index contributed by atoms with van der Waals surface area (Å²) in [7, 11) is 1.70. The van der Waals surface area contributed by atoms with Crippen LogP contribution in [0, 0.1) is 0 Å². The number of methoxy groups -OCH3 is 1. The molecule has 0 bridgehead atoms. The van der Waals surface area contributed by atoms with E-state index in [1.165, 1.54) is 22.2 Å². The van der Waals surface area contributed by atoms with E-state index in [0.29, 0.717) is 0 Å². The molecule has 0 spiro atoms. The van der Waals surface area contributed by atoms with Gasteiger partial charge in [-0.15, -0.1) is 0 Å². The molecule has 0 atom stereocenters. The molecule has 0 amide bonds. The van der Waals surface area contributed by atoms with Crippen molar-refractivity contribution in [2.24, 2.45) is 0 Å². The van der Waals surface area contributed by atoms with Crippen LogP contribution in [-0.2, 0) is 13.0 Å². The molecule has 0 aliphatic rings. The summed E-state index contributed by atoms with van der Waals surface area (Å²) in [6.07, 6.45) is 1.10. The molecule has 3 heteroatoms. The molecule has 2 nitrogen and oxygen atoms in total. The van der Waals surface area contributed by atoms with Crippen molar-refractivity contribution in [3.05, 3.63) is 65.9 Å². The van der Waals surface area contributed by atoms with E-state index in [4.69, 9.17) is 4.74 Å². The number of ether oxygens (including phenoxy) is 1. The van der Waals surface area contributed by atoms with Crippen LogP contribution in [0.25, 0.3) is 10.9 Å². The van der Waals surface area contributed by atoms with Crippen LogP contribution >= 0.6 is 22.6 Å². The summed E-state index contributed by atoms with van der Waals surface area (Å²) in [6.45, 7) is 0.906. The first-order chi connectivity index (χ1) is 10.3. The lowest BCUT2D eigenvalue weighted by atomic mass is 10.2. The van der Waals surface area contributed by atoms with Crippen molar-refractivity contribution in [1.82, 2.24) is 4.57 Å². The summed E-state index contributed by atoms with van der Waals surface area (Å²) in [5, 5.41) is 1.32. The van der Waals surface area contributed by atoms with Gasteiger partial charge in [0.05, 0.1) is 7.11 Å². The van der Waals surface area contributed by atoms with Crippen LogP contribution in [0.15, 0.2) is 54.6 Å². The largest absolute Gasteiger partial charge is 0.497 e. The monoisotopic (exact) mass is 391 g/mol. The van der Waals surface area contributed by atoms with E-state index < -0.39 is 0 Å². The van der Waals surface area contributed by atoms with Gasteiger partial charge in [-0.3, -0.25) is 0 Å². The van der Waals surface area contributed by atoms with Crippen molar-refractivity contribution in [3.63, 3.8) is 0 Å². The Labute approximate surface area is 138 Å². The predicted molar refractivity (Wildman–Crippen MR) is 96.6 cm³/mol. The second kappa shape index (κ2) is 6.52. The van der Waals surface area contributed by atoms with Crippen LogP contribution in [0.2, 0.25) is 0 Å². The molecule has 3 aromatic rings. The van der Waals surface area contributed by atoms with Crippen LogP contribution in [0.5, 0.6) is 5.75 Å². The van der Waals surface area contributed by atoms with Gasteiger partial charge >= 0.3 is 0 Å². The van der Waals surface area contributed by atoms with Crippen LogP contribution < -0.4 is 4.74 Å². The fourth-order valence-electron chi connectivity index (χ4n) is 2.67. The summed E-state index contributed by atoms with van der Waals surface area (Å²) < 4.78 is 8.79. The first-order valence-corrected chi connectivity index (χ1v) is 8.60. The van der Waals surface area contributed by atoms with Crippen LogP contribution in [0.3, 0.4) is 0 Å². The average molecular weight is 391 g/mol. The summed E-state index contributed by atoms with van der Waals surface area (Å²) >= 11 is 2.44. The lowest BCUT2D eigenvalue weighted by Gasteiger charge is -2.11. The number of hydrogen-bond donors (Lipinski definition) is 0. The molecule has 0 fully saturated rings. The minimum absolute atomic E-state index is 0.906. The fourth-order valence-corrected chi connectivity index (χ4v) is 3.22. The third-order valence-electron chi connectivity index (χ3n) is 3.75. The lowest BCUT2D eigenvalue weighted by molar-refractivity contribution is 0.414. The molecular formula is C18H18INO. The SMILES string of the molecule is COc1ccc(Cn2c(CCI)cc3ccccc32)cc1. The number of aromatic nitrogens is 1. The minimum atomic E-state index is 0.906. The Balaban J connectivity index is 1.99. The number of halogens is 1. The second-order valence-electron chi connectivity index (χ2n) is 5.07. The van der Waals surface area contributed by atoms with E-state index >= 15 is 0 Å². The average Bonchev–Trinajstić information content (AvgIpc) is 2.86. The van der Waals surface area contributed by atoms with Crippen molar-refractivity contribution in [1.29, 1.82) is 0 Å². The van der Waals surface area contributed by atoms with E-state index in [9.17, 15) is 0 Å². The molecule has 0 aliphatic carbocycles. The highest BCUT2D eigenvalue weighted by Crippen LogP contribution is 2.23. The van der Waals surface area contributed by atoms with Gasteiger partial charge in [-0.2, -0.15) is 0 Å². The highest BCUT2D eigenvalue weighted by Gasteiger charge is 2.08. The first-order valence-electron chi connectivity index (χ1n) is 7.08. The topological polar surface area (TPSA) is 14.2 Å². The van der Waals surface area contributed by atoms with Gasteiger partial charge in [0, 0.05) is 22.2 Å². The van der Waals surface area contributed by atoms with Gasteiger partial charge in [-0.05, 0) is 41.6 Å².